The van der Waals surface area contributed by atoms with E-state index in [9.17, 15) is 9.59 Å². The third-order valence-electron chi connectivity index (χ3n) is 9.17. The van der Waals surface area contributed by atoms with E-state index >= 15 is 0 Å². The van der Waals surface area contributed by atoms with Crippen molar-refractivity contribution < 1.29 is 14.3 Å². The number of benzene rings is 4. The van der Waals surface area contributed by atoms with Crippen LogP contribution < -0.4 is 15.4 Å². The Morgan fingerprint density at radius 2 is 1.59 bits per heavy atom. The van der Waals surface area contributed by atoms with Crippen LogP contribution in [0.5, 0.6) is 5.75 Å². The largest absolute Gasteiger partial charge is 0.496 e. The van der Waals surface area contributed by atoms with E-state index in [0.29, 0.717) is 23.7 Å². The van der Waals surface area contributed by atoms with Crippen LogP contribution in [0, 0.1) is 5.41 Å². The van der Waals surface area contributed by atoms with Gasteiger partial charge in [0.25, 0.3) is 5.91 Å². The van der Waals surface area contributed by atoms with Crippen molar-refractivity contribution in [3.63, 3.8) is 0 Å². The van der Waals surface area contributed by atoms with Crippen molar-refractivity contribution >= 4 is 28.3 Å². The Kier molecular flexibility index (Phi) is 7.26. The minimum atomic E-state index is -0.610. The zero-order valence-electron chi connectivity index (χ0n) is 24.7. The Labute approximate surface area is 261 Å². The summed E-state index contributed by atoms with van der Waals surface area (Å²) < 4.78 is 5.41. The van der Waals surface area contributed by atoms with Crippen LogP contribution in [0.15, 0.2) is 102 Å². The topological polar surface area (TPSA) is 80.3 Å². The van der Waals surface area contributed by atoms with Crippen LogP contribution in [0.2, 0.25) is 0 Å². The molecule has 0 fully saturated rings. The van der Waals surface area contributed by atoms with Gasteiger partial charge in [-0.1, -0.05) is 78.9 Å². The maximum atomic E-state index is 14.0. The number of para-hydroxylation sites is 1. The van der Waals surface area contributed by atoms with E-state index < -0.39 is 5.41 Å². The first-order chi connectivity index (χ1) is 21.5. The molecule has 4 aromatic carbocycles. The van der Waals surface area contributed by atoms with Gasteiger partial charge in [0, 0.05) is 34.9 Å². The molecule has 1 atom stereocenters. The molecule has 0 saturated carbocycles. The average Bonchev–Trinajstić information content (AvgIpc) is 3.53. The number of carbonyl (C=O) groups excluding carboxylic acids is 2. The minimum absolute atomic E-state index is 0.0134. The number of aromatic nitrogens is 1. The fourth-order valence-electron chi connectivity index (χ4n) is 7.03. The number of thiazole rings is 1. The molecule has 220 valence electrons. The number of nitrogens with zero attached hydrogens (tertiary/aromatic N) is 1. The van der Waals surface area contributed by atoms with Crippen molar-refractivity contribution in [2.75, 3.05) is 19.0 Å². The van der Waals surface area contributed by atoms with E-state index in [4.69, 9.17) is 9.72 Å². The van der Waals surface area contributed by atoms with Gasteiger partial charge in [-0.05, 0) is 65.8 Å². The molecule has 0 radical (unpaired) electrons. The highest BCUT2D eigenvalue weighted by atomic mass is 32.1. The zero-order chi connectivity index (χ0) is 30.3. The molecular weight excluding hydrogens is 566 g/mol. The Bertz CT molecular complexity index is 1830. The van der Waals surface area contributed by atoms with Gasteiger partial charge in [0.2, 0.25) is 5.91 Å². The Morgan fingerprint density at radius 3 is 2.32 bits per heavy atom. The lowest BCUT2D eigenvalue weighted by Gasteiger charge is -2.50. The molecule has 1 aromatic heterocycles. The van der Waals surface area contributed by atoms with Crippen molar-refractivity contribution in [1.29, 1.82) is 0 Å². The van der Waals surface area contributed by atoms with Gasteiger partial charge in [0.1, 0.15) is 5.75 Å². The third kappa shape index (κ3) is 4.87. The van der Waals surface area contributed by atoms with Crippen LogP contribution in [0.3, 0.4) is 0 Å². The molecule has 1 heterocycles. The van der Waals surface area contributed by atoms with Gasteiger partial charge in [-0.25, -0.2) is 4.98 Å². The maximum absolute atomic E-state index is 14.0. The summed E-state index contributed by atoms with van der Waals surface area (Å²) in [4.78, 5) is 31.7. The van der Waals surface area contributed by atoms with Gasteiger partial charge < -0.3 is 15.4 Å². The van der Waals surface area contributed by atoms with Crippen molar-refractivity contribution in [3.05, 3.63) is 136 Å². The second-order valence-electron chi connectivity index (χ2n) is 11.8. The standard InChI is InChI=1S/C37H33N3O3S/c1-37(21-30-26-13-4-6-15-28(26)33(37)29-16-7-5-14-27(29)30)35(42)40-36-39-31(22-44-36)24-11-9-12-25(20-24)34(41)38-19-18-23-10-3-8-17-32(23)43-2/h3-17,20,22,30,33H,18-19,21H2,1-2H3,(H,38,41)(H,39,40,42). The van der Waals surface area contributed by atoms with Gasteiger partial charge in [-0.2, -0.15) is 0 Å². The lowest BCUT2D eigenvalue weighted by atomic mass is 9.52. The second kappa shape index (κ2) is 11.4. The highest BCUT2D eigenvalue weighted by Gasteiger charge is 2.54. The molecule has 3 aliphatic carbocycles. The Hall–Kier alpha value is -4.75. The maximum Gasteiger partial charge on any atom is 0.251 e. The van der Waals surface area contributed by atoms with Gasteiger partial charge in [-0.3, -0.25) is 9.59 Å². The third-order valence-corrected chi connectivity index (χ3v) is 9.92. The summed E-state index contributed by atoms with van der Waals surface area (Å²) >= 11 is 1.40. The number of hydrogen-bond donors (Lipinski definition) is 2. The minimum Gasteiger partial charge on any atom is -0.496 e. The molecule has 0 saturated heterocycles. The smallest absolute Gasteiger partial charge is 0.251 e. The molecular formula is C37H33N3O3S. The number of nitrogens with one attached hydrogen (secondary N) is 2. The highest BCUT2D eigenvalue weighted by Crippen LogP contribution is 2.61. The first-order valence-electron chi connectivity index (χ1n) is 14.9. The molecule has 2 bridgehead atoms. The Morgan fingerprint density at radius 1 is 0.909 bits per heavy atom. The molecule has 5 aromatic rings. The number of amides is 2. The van der Waals surface area contributed by atoms with Crippen LogP contribution in [-0.2, 0) is 11.2 Å². The molecule has 3 aliphatic rings. The second-order valence-corrected chi connectivity index (χ2v) is 12.6. The number of carbonyl (C=O) groups is 2. The molecule has 0 aliphatic heterocycles. The molecule has 6 nitrogen and oxygen atoms in total. The average molecular weight is 600 g/mol. The zero-order valence-corrected chi connectivity index (χ0v) is 25.5. The molecule has 44 heavy (non-hydrogen) atoms. The van der Waals surface area contributed by atoms with E-state index in [1.165, 1.54) is 33.6 Å². The van der Waals surface area contributed by atoms with Crippen LogP contribution in [0.4, 0.5) is 5.13 Å². The monoisotopic (exact) mass is 599 g/mol. The highest BCUT2D eigenvalue weighted by molar-refractivity contribution is 7.14. The first-order valence-corrected chi connectivity index (χ1v) is 15.8. The summed E-state index contributed by atoms with van der Waals surface area (Å²) in [5, 5.41) is 8.65. The van der Waals surface area contributed by atoms with Gasteiger partial charge in [0.05, 0.1) is 18.2 Å². The molecule has 2 amide bonds. The van der Waals surface area contributed by atoms with Gasteiger partial charge >= 0.3 is 0 Å². The predicted octanol–water partition coefficient (Wildman–Crippen LogP) is 7.42. The number of anilines is 1. The van der Waals surface area contributed by atoms with E-state index in [2.05, 4.69) is 66.1 Å². The number of fused-ring (bicyclic) bond motifs is 1. The van der Waals surface area contributed by atoms with E-state index in [1.54, 1.807) is 13.2 Å². The first kappa shape index (κ1) is 28.0. The quantitative estimate of drug-likeness (QED) is 0.195. The molecule has 7 heteroatoms. The molecule has 0 spiro atoms. The molecule has 2 N–H and O–H groups in total. The van der Waals surface area contributed by atoms with Crippen LogP contribution in [-0.4, -0.2) is 30.5 Å². The van der Waals surface area contributed by atoms with Crippen LogP contribution >= 0.6 is 11.3 Å². The lowest BCUT2D eigenvalue weighted by molar-refractivity contribution is -0.126. The fraction of sp³-hybridized carbons (Fsp3) is 0.216. The number of ether oxygens (including phenoxy) is 1. The Balaban J connectivity index is 1.06. The molecule has 8 rings (SSSR count). The number of hydrogen-bond acceptors (Lipinski definition) is 5. The number of rotatable bonds is 8. The summed E-state index contributed by atoms with van der Waals surface area (Å²) in [6.07, 6.45) is 1.42. The van der Waals surface area contributed by atoms with Crippen LogP contribution in [0.1, 0.15) is 63.4 Å². The van der Waals surface area contributed by atoms with Gasteiger partial charge in [-0.15, -0.1) is 11.3 Å². The van der Waals surface area contributed by atoms with Crippen molar-refractivity contribution in [3.8, 4) is 17.0 Å². The van der Waals surface area contributed by atoms with E-state index in [1.807, 2.05) is 47.8 Å². The van der Waals surface area contributed by atoms with Crippen molar-refractivity contribution in [2.24, 2.45) is 5.41 Å². The predicted molar refractivity (Wildman–Crippen MR) is 175 cm³/mol. The summed E-state index contributed by atoms with van der Waals surface area (Å²) in [5.74, 6) is 0.831. The normalized spacial score (nSPS) is 19.5. The van der Waals surface area contributed by atoms with E-state index in [-0.39, 0.29) is 23.7 Å². The summed E-state index contributed by atoms with van der Waals surface area (Å²) in [6, 6.07) is 32.4. The van der Waals surface area contributed by atoms with E-state index in [0.717, 1.165) is 29.0 Å². The van der Waals surface area contributed by atoms with Crippen molar-refractivity contribution in [1.82, 2.24) is 10.3 Å². The van der Waals surface area contributed by atoms with Crippen molar-refractivity contribution in [2.45, 2.75) is 31.6 Å². The lowest BCUT2D eigenvalue weighted by Crippen LogP contribution is -2.47. The fourth-order valence-corrected chi connectivity index (χ4v) is 7.75. The summed E-state index contributed by atoms with van der Waals surface area (Å²) in [7, 11) is 1.65. The summed E-state index contributed by atoms with van der Waals surface area (Å²) in [5.41, 5.74) is 7.71. The summed E-state index contributed by atoms with van der Waals surface area (Å²) in [6.45, 7) is 2.59. The SMILES string of the molecule is COc1ccccc1CCNC(=O)c1cccc(-c2csc(NC(=O)C3(C)CC4c5ccccc5C3c3ccccc34)n2)c1. The number of methoxy groups -OCH3 is 1. The van der Waals surface area contributed by atoms with Gasteiger partial charge in [0.15, 0.2) is 5.13 Å². The van der Waals surface area contributed by atoms with Crippen LogP contribution in [0.25, 0.3) is 11.3 Å². The molecule has 1 unspecified atom stereocenters.